The molecule has 0 amide bonds. The van der Waals surface area contributed by atoms with E-state index in [9.17, 15) is 48.3 Å². The number of benzene rings is 1. The van der Waals surface area contributed by atoms with Gasteiger partial charge in [0.05, 0.1) is 7.11 Å². The van der Waals surface area contributed by atoms with Gasteiger partial charge in [-0.1, -0.05) is 0 Å². The smallest absolute Gasteiger partial charge is 0.460 e. The second-order valence-corrected chi connectivity index (χ2v) is 4.59. The van der Waals surface area contributed by atoms with E-state index in [1.165, 1.54) is 7.11 Å². The van der Waals surface area contributed by atoms with E-state index < -0.39 is 41.5 Å². The zero-order chi connectivity index (χ0) is 20.6. The van der Waals surface area contributed by atoms with Crippen molar-refractivity contribution in [3.63, 3.8) is 0 Å². The van der Waals surface area contributed by atoms with Crippen LogP contribution in [0.2, 0.25) is 0 Å². The minimum Gasteiger partial charge on any atom is -0.497 e. The van der Waals surface area contributed by atoms with Crippen LogP contribution in [0.3, 0.4) is 0 Å². The first-order valence-corrected chi connectivity index (χ1v) is 6.17. The Morgan fingerprint density at radius 1 is 0.731 bits per heavy atom. The van der Waals surface area contributed by atoms with Crippen LogP contribution in [0.15, 0.2) is 36.1 Å². The first-order chi connectivity index (χ1) is 11.6. The lowest BCUT2D eigenvalue weighted by Crippen LogP contribution is -2.61. The zero-order valence-corrected chi connectivity index (χ0v) is 12.3. The van der Waals surface area contributed by atoms with E-state index >= 15 is 0 Å². The van der Waals surface area contributed by atoms with Crippen LogP contribution in [-0.2, 0) is 0 Å². The molecule has 0 N–H and O–H groups in total. The SMILES string of the molecule is COc1ccc(OC(F)=C(F)C(F)(F)C(F)(F)C(F)(F)C(F)(F)F)cc1. The summed E-state index contributed by atoms with van der Waals surface area (Å²) in [5.41, 5.74) is 0. The highest BCUT2D eigenvalue weighted by atomic mass is 19.4. The van der Waals surface area contributed by atoms with E-state index in [0.717, 1.165) is 24.3 Å². The highest BCUT2D eigenvalue weighted by molar-refractivity contribution is 5.32. The molecule has 0 saturated carbocycles. The van der Waals surface area contributed by atoms with Gasteiger partial charge in [-0.25, -0.2) is 0 Å². The molecule has 0 heterocycles. The second kappa shape index (κ2) is 6.83. The summed E-state index contributed by atoms with van der Waals surface area (Å²) in [7, 11) is 1.19. The Balaban J connectivity index is 3.24. The van der Waals surface area contributed by atoms with Gasteiger partial charge in [0.2, 0.25) is 5.83 Å². The molecule has 0 fully saturated rings. The van der Waals surface area contributed by atoms with Crippen LogP contribution in [0, 0.1) is 0 Å². The molecule has 0 aliphatic carbocycles. The number of alkyl halides is 9. The Kier molecular flexibility index (Phi) is 5.74. The van der Waals surface area contributed by atoms with Crippen LogP contribution in [0.5, 0.6) is 11.5 Å². The molecule has 1 aromatic rings. The van der Waals surface area contributed by atoms with Gasteiger partial charge in [-0.15, -0.1) is 0 Å². The Morgan fingerprint density at radius 3 is 1.54 bits per heavy atom. The van der Waals surface area contributed by atoms with Crippen LogP contribution in [-0.4, -0.2) is 31.1 Å². The molecule has 2 nitrogen and oxygen atoms in total. The van der Waals surface area contributed by atoms with E-state index in [2.05, 4.69) is 9.47 Å². The van der Waals surface area contributed by atoms with Crippen LogP contribution in [0.4, 0.5) is 48.3 Å². The third-order valence-corrected chi connectivity index (χ3v) is 2.86. The normalized spacial score (nSPS) is 14.8. The fourth-order valence-corrected chi connectivity index (χ4v) is 1.43. The van der Waals surface area contributed by atoms with Crippen molar-refractivity contribution in [2.24, 2.45) is 0 Å². The zero-order valence-electron chi connectivity index (χ0n) is 12.3. The van der Waals surface area contributed by atoms with Crippen molar-refractivity contribution in [3.8, 4) is 11.5 Å². The molecule has 26 heavy (non-hydrogen) atoms. The summed E-state index contributed by atoms with van der Waals surface area (Å²) in [6.07, 6.45) is -7.16. The maximum Gasteiger partial charge on any atom is 0.460 e. The van der Waals surface area contributed by atoms with Crippen molar-refractivity contribution in [2.75, 3.05) is 7.11 Å². The van der Waals surface area contributed by atoms with Crippen LogP contribution < -0.4 is 9.47 Å². The van der Waals surface area contributed by atoms with E-state index in [1.54, 1.807) is 0 Å². The molecule has 0 aliphatic rings. The minimum absolute atomic E-state index is 0.129. The van der Waals surface area contributed by atoms with Crippen LogP contribution in [0.1, 0.15) is 0 Å². The van der Waals surface area contributed by atoms with Crippen molar-refractivity contribution in [1.82, 2.24) is 0 Å². The minimum atomic E-state index is -7.36. The molecule has 13 heteroatoms. The first kappa shape index (κ1) is 21.8. The van der Waals surface area contributed by atoms with Crippen molar-refractivity contribution in [2.45, 2.75) is 23.9 Å². The number of rotatable bonds is 6. The lowest BCUT2D eigenvalue weighted by Gasteiger charge is -2.32. The number of halogens is 11. The number of ether oxygens (including phenoxy) is 2. The molecule has 0 unspecified atom stereocenters. The van der Waals surface area contributed by atoms with Gasteiger partial charge in [0, 0.05) is 0 Å². The molecular formula is C13H7F11O2. The molecule has 0 aliphatic heterocycles. The van der Waals surface area contributed by atoms with E-state index in [0.29, 0.717) is 0 Å². The van der Waals surface area contributed by atoms with E-state index in [1.807, 2.05) is 0 Å². The summed E-state index contributed by atoms with van der Waals surface area (Å²) in [6, 6.07) is 0.507. The topological polar surface area (TPSA) is 18.5 Å². The summed E-state index contributed by atoms with van der Waals surface area (Å²) in [4.78, 5) is 0. The van der Waals surface area contributed by atoms with Gasteiger partial charge >= 0.3 is 30.0 Å². The van der Waals surface area contributed by atoms with E-state index in [-0.39, 0.29) is 5.75 Å². The molecular weight excluding hydrogens is 397 g/mol. The molecule has 0 aromatic heterocycles. The number of allylic oxidation sites excluding steroid dienone is 1. The van der Waals surface area contributed by atoms with Gasteiger partial charge in [0.25, 0.3) is 0 Å². The van der Waals surface area contributed by atoms with Crippen molar-refractivity contribution in [3.05, 3.63) is 36.1 Å². The van der Waals surface area contributed by atoms with Crippen LogP contribution >= 0.6 is 0 Å². The largest absolute Gasteiger partial charge is 0.497 e. The predicted octanol–water partition coefficient (Wildman–Crippen LogP) is 5.65. The standard InChI is InChI=1S/C13H7F11O2/c1-25-6-2-4-7(5-3-6)26-9(15)8(14)10(16,17)11(18,19)12(20,21)13(22,23)24/h2-5H,1H3. The average molecular weight is 404 g/mol. The highest BCUT2D eigenvalue weighted by Crippen LogP contribution is 2.55. The average Bonchev–Trinajstić information content (AvgIpc) is 2.53. The maximum atomic E-state index is 13.3. The molecule has 0 spiro atoms. The Morgan fingerprint density at radius 2 is 1.15 bits per heavy atom. The molecule has 0 atom stereocenters. The van der Waals surface area contributed by atoms with Crippen molar-refractivity contribution in [1.29, 1.82) is 0 Å². The maximum absolute atomic E-state index is 13.3. The fraction of sp³-hybridized carbons (Fsp3) is 0.385. The molecule has 0 saturated heterocycles. The Bertz CT molecular complexity index is 662. The van der Waals surface area contributed by atoms with Gasteiger partial charge in [-0.05, 0) is 24.3 Å². The summed E-state index contributed by atoms with van der Waals surface area (Å²) >= 11 is 0. The van der Waals surface area contributed by atoms with E-state index in [4.69, 9.17) is 0 Å². The van der Waals surface area contributed by atoms with Gasteiger partial charge in [-0.2, -0.15) is 48.3 Å². The Labute approximate surface area is 137 Å². The van der Waals surface area contributed by atoms with Gasteiger partial charge in [-0.3, -0.25) is 0 Å². The fourth-order valence-electron chi connectivity index (χ4n) is 1.43. The molecule has 0 radical (unpaired) electrons. The van der Waals surface area contributed by atoms with Crippen molar-refractivity contribution >= 4 is 0 Å². The lowest BCUT2D eigenvalue weighted by atomic mass is 10.0. The number of hydrogen-bond donors (Lipinski definition) is 0. The van der Waals surface area contributed by atoms with Crippen molar-refractivity contribution < 1.29 is 57.8 Å². The summed E-state index contributed by atoms with van der Waals surface area (Å²) in [5, 5.41) is 0. The quantitative estimate of drug-likeness (QED) is 0.451. The predicted molar refractivity (Wildman–Crippen MR) is 63.8 cm³/mol. The number of methoxy groups -OCH3 is 1. The van der Waals surface area contributed by atoms with Crippen LogP contribution in [0.25, 0.3) is 0 Å². The molecule has 0 bridgehead atoms. The second-order valence-electron chi connectivity index (χ2n) is 4.59. The molecule has 1 aromatic carbocycles. The third kappa shape index (κ3) is 3.65. The summed E-state index contributed by atoms with van der Waals surface area (Å²) in [5.74, 6) is -26.2. The highest BCUT2D eigenvalue weighted by Gasteiger charge is 2.83. The van der Waals surface area contributed by atoms with Gasteiger partial charge in [0.15, 0.2) is 0 Å². The number of hydrogen-bond acceptors (Lipinski definition) is 2. The third-order valence-electron chi connectivity index (χ3n) is 2.86. The summed E-state index contributed by atoms with van der Waals surface area (Å²) < 4.78 is 148. The lowest BCUT2D eigenvalue weighted by molar-refractivity contribution is -0.392. The monoisotopic (exact) mass is 404 g/mol. The molecule has 1 rings (SSSR count). The Hall–Kier alpha value is -2.21. The molecule has 148 valence electrons. The summed E-state index contributed by atoms with van der Waals surface area (Å²) in [6.45, 7) is 0. The van der Waals surface area contributed by atoms with Gasteiger partial charge < -0.3 is 9.47 Å². The van der Waals surface area contributed by atoms with Gasteiger partial charge in [0.1, 0.15) is 11.5 Å². The first-order valence-electron chi connectivity index (χ1n) is 6.17.